The van der Waals surface area contributed by atoms with E-state index in [1.807, 2.05) is 25.1 Å². The number of amides is 2. The second-order valence-electron chi connectivity index (χ2n) is 8.56. The van der Waals surface area contributed by atoms with Gasteiger partial charge in [0.2, 0.25) is 0 Å². The van der Waals surface area contributed by atoms with Gasteiger partial charge in [-0.1, -0.05) is 29.8 Å². The largest absolute Gasteiger partial charge is 0.290 e. The van der Waals surface area contributed by atoms with E-state index in [9.17, 15) is 14.4 Å². The molecule has 1 aliphatic carbocycles. The van der Waals surface area contributed by atoms with Crippen LogP contribution in [0.15, 0.2) is 47.3 Å². The lowest BCUT2D eigenvalue weighted by Gasteiger charge is -2.20. The Hall–Kier alpha value is -4.07. The molecule has 0 unspecified atom stereocenters. The summed E-state index contributed by atoms with van der Waals surface area (Å²) in [5.41, 5.74) is 9.15. The lowest BCUT2D eigenvalue weighted by atomic mass is 9.89. The van der Waals surface area contributed by atoms with Crippen LogP contribution in [0.5, 0.6) is 0 Å². The van der Waals surface area contributed by atoms with E-state index in [1.54, 1.807) is 31.2 Å². The van der Waals surface area contributed by atoms with Gasteiger partial charge in [-0.2, -0.15) is 5.10 Å². The third-order valence-corrected chi connectivity index (χ3v) is 6.32. The third kappa shape index (κ3) is 3.71. The van der Waals surface area contributed by atoms with Gasteiger partial charge in [-0.3, -0.25) is 30.2 Å². The Labute approximate surface area is 196 Å². The van der Waals surface area contributed by atoms with E-state index in [4.69, 9.17) is 4.98 Å². The number of benzene rings is 2. The van der Waals surface area contributed by atoms with Crippen molar-refractivity contribution in [2.75, 3.05) is 0 Å². The molecule has 2 heterocycles. The first-order chi connectivity index (χ1) is 16.5. The van der Waals surface area contributed by atoms with Gasteiger partial charge < -0.3 is 0 Å². The molecule has 0 bridgehead atoms. The molecule has 0 aliphatic heterocycles. The number of hydrazine groups is 1. The highest BCUT2D eigenvalue weighted by Gasteiger charge is 2.24. The number of fused-ring (bicyclic) bond motifs is 3. The minimum Gasteiger partial charge on any atom is -0.267 e. The van der Waals surface area contributed by atoms with E-state index in [1.165, 1.54) is 4.68 Å². The monoisotopic (exact) mass is 455 g/mol. The summed E-state index contributed by atoms with van der Waals surface area (Å²) < 4.78 is 1.24. The van der Waals surface area contributed by atoms with Gasteiger partial charge in [0.15, 0.2) is 5.69 Å². The van der Waals surface area contributed by atoms with Crippen LogP contribution in [0.25, 0.3) is 21.7 Å². The lowest BCUT2D eigenvalue weighted by molar-refractivity contribution is 0.0844. The molecule has 8 heteroatoms. The van der Waals surface area contributed by atoms with Crippen LogP contribution in [-0.4, -0.2) is 26.6 Å². The number of pyridine rings is 1. The van der Waals surface area contributed by atoms with Crippen LogP contribution in [0.1, 0.15) is 57.4 Å². The number of rotatable bonds is 3. The van der Waals surface area contributed by atoms with E-state index in [0.717, 1.165) is 53.4 Å². The summed E-state index contributed by atoms with van der Waals surface area (Å²) in [5.74, 6) is -0.979. The minimum atomic E-state index is -0.588. The van der Waals surface area contributed by atoms with Crippen molar-refractivity contribution >= 4 is 33.5 Å². The normalized spacial score (nSPS) is 13.0. The fraction of sp³-hybridized carbons (Fsp3) is 0.269. The molecule has 0 fully saturated rings. The molecule has 2 N–H and O–H groups in total. The maximum absolute atomic E-state index is 13.4. The van der Waals surface area contributed by atoms with Gasteiger partial charge in [-0.05, 0) is 63.3 Å². The highest BCUT2D eigenvalue weighted by molar-refractivity contribution is 6.10. The predicted octanol–water partition coefficient (Wildman–Crippen LogP) is 3.23. The number of aromatic nitrogens is 3. The van der Waals surface area contributed by atoms with Crippen LogP contribution in [-0.2, 0) is 19.4 Å². The standard InChI is InChI=1S/C26H25N5O3/c1-3-31-26(34)17-9-5-4-8-16(17)23(30-31)25(33)29-28-24(32)22-18-10-6-7-11-20(18)27-21-13-12-15(2)14-19(21)22/h4-5,8-9,12-14H,3,6-7,10-11H2,1-2H3,(H,28,32)(H,29,33). The second kappa shape index (κ2) is 8.70. The second-order valence-corrected chi connectivity index (χ2v) is 8.56. The topological polar surface area (TPSA) is 106 Å². The van der Waals surface area contributed by atoms with Crippen molar-refractivity contribution in [3.05, 3.63) is 80.9 Å². The average molecular weight is 456 g/mol. The summed E-state index contributed by atoms with van der Waals surface area (Å²) in [6, 6.07) is 12.7. The molecule has 172 valence electrons. The van der Waals surface area contributed by atoms with Gasteiger partial charge in [0.1, 0.15) is 0 Å². The van der Waals surface area contributed by atoms with E-state index in [2.05, 4.69) is 16.0 Å². The summed E-state index contributed by atoms with van der Waals surface area (Å²) >= 11 is 0. The van der Waals surface area contributed by atoms with Crippen LogP contribution in [0, 0.1) is 6.92 Å². The minimum absolute atomic E-state index is 0.0785. The van der Waals surface area contributed by atoms with Gasteiger partial charge in [-0.25, -0.2) is 4.68 Å². The Morgan fingerprint density at radius 2 is 1.71 bits per heavy atom. The maximum Gasteiger partial charge on any atom is 0.290 e. The van der Waals surface area contributed by atoms with Crippen molar-refractivity contribution in [1.82, 2.24) is 25.6 Å². The summed E-state index contributed by atoms with van der Waals surface area (Å²) in [5, 5.41) is 5.85. The van der Waals surface area contributed by atoms with E-state index < -0.39 is 11.8 Å². The molecular formula is C26H25N5O3. The fourth-order valence-corrected chi connectivity index (χ4v) is 4.65. The first kappa shape index (κ1) is 21.8. The quantitative estimate of drug-likeness (QED) is 0.462. The molecule has 0 saturated carbocycles. The van der Waals surface area contributed by atoms with Crippen molar-refractivity contribution in [2.24, 2.45) is 0 Å². The lowest BCUT2D eigenvalue weighted by Crippen LogP contribution is -2.43. The molecule has 34 heavy (non-hydrogen) atoms. The average Bonchev–Trinajstić information content (AvgIpc) is 2.86. The van der Waals surface area contributed by atoms with Crippen molar-refractivity contribution in [3.8, 4) is 0 Å². The zero-order valence-corrected chi connectivity index (χ0v) is 19.1. The van der Waals surface area contributed by atoms with Gasteiger partial charge in [0, 0.05) is 23.0 Å². The van der Waals surface area contributed by atoms with Gasteiger partial charge in [-0.15, -0.1) is 0 Å². The van der Waals surface area contributed by atoms with E-state index >= 15 is 0 Å². The first-order valence-electron chi connectivity index (χ1n) is 11.5. The summed E-state index contributed by atoms with van der Waals surface area (Å²) in [4.78, 5) is 43.8. The molecule has 8 nitrogen and oxygen atoms in total. The molecule has 0 spiro atoms. The van der Waals surface area contributed by atoms with Crippen LogP contribution in [0.3, 0.4) is 0 Å². The molecule has 5 rings (SSSR count). The number of hydrogen-bond donors (Lipinski definition) is 2. The Balaban J connectivity index is 1.50. The van der Waals surface area contributed by atoms with Crippen LogP contribution >= 0.6 is 0 Å². The van der Waals surface area contributed by atoms with E-state index in [0.29, 0.717) is 22.9 Å². The molecule has 0 atom stereocenters. The number of carbonyl (C=O) groups excluding carboxylic acids is 2. The van der Waals surface area contributed by atoms with Gasteiger partial charge in [0.05, 0.1) is 16.5 Å². The van der Waals surface area contributed by atoms with Crippen molar-refractivity contribution < 1.29 is 9.59 Å². The van der Waals surface area contributed by atoms with Crippen LogP contribution in [0.4, 0.5) is 0 Å². The number of aryl methyl sites for hydroxylation is 3. The number of carbonyl (C=O) groups is 2. The van der Waals surface area contributed by atoms with Crippen molar-refractivity contribution in [2.45, 2.75) is 46.1 Å². The Bertz CT molecular complexity index is 1520. The summed E-state index contributed by atoms with van der Waals surface area (Å²) in [7, 11) is 0. The highest BCUT2D eigenvalue weighted by Crippen LogP contribution is 2.29. The molecular weight excluding hydrogens is 430 g/mol. The molecule has 1 aliphatic rings. The molecule has 4 aromatic rings. The van der Waals surface area contributed by atoms with Crippen LogP contribution in [0.2, 0.25) is 0 Å². The number of hydrogen-bond acceptors (Lipinski definition) is 5. The van der Waals surface area contributed by atoms with Gasteiger partial charge in [0.25, 0.3) is 17.4 Å². The van der Waals surface area contributed by atoms with Crippen LogP contribution < -0.4 is 16.4 Å². The maximum atomic E-state index is 13.4. The SMILES string of the molecule is CCn1nc(C(=O)NNC(=O)c2c3c(nc4ccc(C)cc24)CCCC3)c2ccccc2c1=O. The number of nitrogens with one attached hydrogen (secondary N) is 2. The fourth-order valence-electron chi connectivity index (χ4n) is 4.65. The zero-order chi connectivity index (χ0) is 23.8. The van der Waals surface area contributed by atoms with Crippen molar-refractivity contribution in [1.29, 1.82) is 0 Å². The molecule has 2 aromatic carbocycles. The van der Waals surface area contributed by atoms with Crippen molar-refractivity contribution in [3.63, 3.8) is 0 Å². The summed E-state index contributed by atoms with van der Waals surface area (Å²) in [6.45, 7) is 4.08. The number of nitrogens with zero attached hydrogens (tertiary/aromatic N) is 3. The molecule has 0 saturated heterocycles. The molecule has 0 radical (unpaired) electrons. The first-order valence-corrected chi connectivity index (χ1v) is 11.5. The van der Waals surface area contributed by atoms with E-state index in [-0.39, 0.29) is 11.3 Å². The highest BCUT2D eigenvalue weighted by atomic mass is 16.2. The Morgan fingerprint density at radius 3 is 2.50 bits per heavy atom. The third-order valence-electron chi connectivity index (χ3n) is 6.32. The Morgan fingerprint density at radius 1 is 0.971 bits per heavy atom. The Kier molecular flexibility index (Phi) is 5.57. The van der Waals surface area contributed by atoms with Gasteiger partial charge >= 0.3 is 0 Å². The molecule has 2 aromatic heterocycles. The predicted molar refractivity (Wildman–Crippen MR) is 130 cm³/mol. The molecule has 2 amide bonds. The zero-order valence-electron chi connectivity index (χ0n) is 19.1. The summed E-state index contributed by atoms with van der Waals surface area (Å²) in [6.07, 6.45) is 3.64. The smallest absolute Gasteiger partial charge is 0.267 e.